The first kappa shape index (κ1) is 13.5. The summed E-state index contributed by atoms with van der Waals surface area (Å²) in [6.45, 7) is -9.40. The molecule has 4 rings (SSSR count). The third-order valence-electron chi connectivity index (χ3n) is 4.13. The van der Waals surface area contributed by atoms with E-state index in [0.717, 1.165) is 0 Å². The Morgan fingerprint density at radius 3 is 2.52 bits per heavy atom. The molecule has 0 aliphatic carbocycles. The summed E-state index contributed by atoms with van der Waals surface area (Å²) in [6.07, 6.45) is -1.57. The predicted octanol–water partition coefficient (Wildman–Crippen LogP) is 5.09. The minimum Gasteiger partial charge on any atom is -0.497 e. The molecule has 2 aromatic carbocycles. The number of hydrogen-bond donors (Lipinski definition) is 0. The molecule has 0 spiro atoms. The molecular formula is C23H26ClN3O4. The number of benzene rings is 2. The van der Waals surface area contributed by atoms with Crippen LogP contribution in [0.3, 0.4) is 0 Å². The standard InChI is InChI=1S/C23H26ClN3O4/c1-23(2,3)31-22(28)27-11-9-26(10-12-27)21-17-13-15(24)5-7-19(17)30-20-8-6-16(29-4)14-18(20)25-21/h5-8,13-14H,9-12H2,1-4H3/i9D2,10D2,11D2,12D2. The second-order valence-electron chi connectivity index (χ2n) is 7.61. The van der Waals surface area contributed by atoms with Crippen LogP contribution in [0.4, 0.5) is 10.5 Å². The second-order valence-corrected chi connectivity index (χ2v) is 8.05. The van der Waals surface area contributed by atoms with Gasteiger partial charge in [0.2, 0.25) is 0 Å². The first-order valence-corrected chi connectivity index (χ1v) is 9.71. The molecule has 2 heterocycles. The van der Waals surface area contributed by atoms with E-state index < -0.39 is 43.5 Å². The lowest BCUT2D eigenvalue weighted by Crippen LogP contribution is -2.51. The molecule has 7 nitrogen and oxygen atoms in total. The van der Waals surface area contributed by atoms with Crippen molar-refractivity contribution in [2.75, 3.05) is 33.1 Å². The summed E-state index contributed by atoms with van der Waals surface area (Å²) in [4.78, 5) is 17.5. The van der Waals surface area contributed by atoms with Crippen molar-refractivity contribution in [2.45, 2.75) is 26.4 Å². The number of methoxy groups -OCH3 is 1. The number of hydrogen-bond acceptors (Lipinski definition) is 6. The first-order valence-electron chi connectivity index (χ1n) is 13.3. The van der Waals surface area contributed by atoms with Crippen molar-refractivity contribution in [3.8, 4) is 17.2 Å². The molecule has 0 atom stereocenters. The highest BCUT2D eigenvalue weighted by Crippen LogP contribution is 2.41. The SMILES string of the molecule is [2H]C1([2H])N(C(=O)OC(C)(C)C)C([2H])([2H])C([2H])([2H])N(C2=Nc3cc(OC)ccc3Oc3ccc(Cl)cc32)C1([2H])[2H]. The number of aliphatic imine (C=N–C) groups is 1. The monoisotopic (exact) mass is 451 g/mol. The number of rotatable bonds is 1. The quantitative estimate of drug-likeness (QED) is 0.604. The average Bonchev–Trinajstić information content (AvgIpc) is 2.92. The molecule has 2 aromatic rings. The highest BCUT2D eigenvalue weighted by molar-refractivity contribution is 6.31. The van der Waals surface area contributed by atoms with E-state index in [1.807, 2.05) is 0 Å². The lowest BCUT2D eigenvalue weighted by molar-refractivity contribution is 0.0187. The van der Waals surface area contributed by atoms with Crippen molar-refractivity contribution in [2.24, 2.45) is 4.99 Å². The summed E-state index contributed by atoms with van der Waals surface area (Å²) in [6, 6.07) is 8.79. The molecule has 31 heavy (non-hydrogen) atoms. The van der Waals surface area contributed by atoms with Gasteiger partial charge in [0, 0.05) is 37.1 Å². The van der Waals surface area contributed by atoms with Crippen molar-refractivity contribution in [3.63, 3.8) is 0 Å². The van der Waals surface area contributed by atoms with Gasteiger partial charge in [-0.25, -0.2) is 9.79 Å². The van der Waals surface area contributed by atoms with Crippen LogP contribution in [-0.2, 0) is 4.74 Å². The maximum absolute atomic E-state index is 13.0. The van der Waals surface area contributed by atoms with E-state index in [2.05, 4.69) is 4.99 Å². The zero-order chi connectivity index (χ0) is 29.3. The van der Waals surface area contributed by atoms with Crippen molar-refractivity contribution in [1.29, 1.82) is 0 Å². The maximum Gasteiger partial charge on any atom is 0.410 e. The molecule has 0 saturated carbocycles. The summed E-state index contributed by atoms with van der Waals surface area (Å²) < 4.78 is 86.2. The molecule has 1 saturated heterocycles. The average molecular weight is 452 g/mol. The van der Waals surface area contributed by atoms with Gasteiger partial charge >= 0.3 is 6.09 Å². The Balaban J connectivity index is 2.01. The molecule has 1 fully saturated rings. The zero-order valence-corrected chi connectivity index (χ0v) is 18.1. The van der Waals surface area contributed by atoms with Gasteiger partial charge in [-0.15, -0.1) is 0 Å². The van der Waals surface area contributed by atoms with Crippen LogP contribution in [0.2, 0.25) is 5.02 Å². The Morgan fingerprint density at radius 1 is 1.13 bits per heavy atom. The fourth-order valence-electron chi connectivity index (χ4n) is 2.79. The van der Waals surface area contributed by atoms with Crippen molar-refractivity contribution >= 4 is 29.2 Å². The molecule has 2 aliphatic heterocycles. The molecule has 0 aromatic heterocycles. The van der Waals surface area contributed by atoms with Crippen molar-refractivity contribution in [1.82, 2.24) is 9.80 Å². The molecule has 2 aliphatic rings. The largest absolute Gasteiger partial charge is 0.497 e. The normalized spacial score (nSPS) is 26.2. The summed E-state index contributed by atoms with van der Waals surface area (Å²) in [7, 11) is 1.41. The predicted molar refractivity (Wildman–Crippen MR) is 120 cm³/mol. The smallest absolute Gasteiger partial charge is 0.410 e. The number of fused-ring (bicyclic) bond motifs is 2. The van der Waals surface area contributed by atoms with E-state index >= 15 is 0 Å². The van der Waals surface area contributed by atoms with Gasteiger partial charge in [-0.1, -0.05) is 11.6 Å². The van der Waals surface area contributed by atoms with Crippen LogP contribution < -0.4 is 9.47 Å². The van der Waals surface area contributed by atoms with Gasteiger partial charge in [0.05, 0.1) is 23.6 Å². The Labute approximate surface area is 198 Å². The van der Waals surface area contributed by atoms with Gasteiger partial charge < -0.3 is 24.0 Å². The number of carbonyl (C=O) groups is 1. The van der Waals surface area contributed by atoms with Gasteiger partial charge in [-0.3, -0.25) is 0 Å². The lowest BCUT2D eigenvalue weighted by atomic mass is 10.1. The van der Waals surface area contributed by atoms with Crippen LogP contribution in [0, 0.1) is 0 Å². The fourth-order valence-corrected chi connectivity index (χ4v) is 2.96. The van der Waals surface area contributed by atoms with E-state index in [0.29, 0.717) is 5.75 Å². The Hall–Kier alpha value is -2.93. The van der Waals surface area contributed by atoms with Gasteiger partial charge in [0.15, 0.2) is 5.75 Å². The van der Waals surface area contributed by atoms with Crippen LogP contribution in [0.1, 0.15) is 37.3 Å². The van der Waals surface area contributed by atoms with Crippen molar-refractivity contribution < 1.29 is 30.0 Å². The number of halogens is 1. The highest BCUT2D eigenvalue weighted by atomic mass is 35.5. The van der Waals surface area contributed by atoms with Crippen LogP contribution in [0.25, 0.3) is 0 Å². The van der Waals surface area contributed by atoms with E-state index in [9.17, 15) is 4.79 Å². The van der Waals surface area contributed by atoms with Crippen LogP contribution in [0.5, 0.6) is 17.2 Å². The van der Waals surface area contributed by atoms with Crippen LogP contribution in [0.15, 0.2) is 41.4 Å². The topological polar surface area (TPSA) is 63.6 Å². The van der Waals surface area contributed by atoms with Crippen LogP contribution >= 0.6 is 11.6 Å². The van der Waals surface area contributed by atoms with E-state index in [1.54, 1.807) is 6.07 Å². The third kappa shape index (κ3) is 4.71. The number of amidine groups is 1. The van der Waals surface area contributed by atoms with E-state index in [4.69, 9.17) is 36.8 Å². The molecule has 0 N–H and O–H groups in total. The summed E-state index contributed by atoms with van der Waals surface area (Å²) in [5.74, 6) is 0.0835. The molecule has 164 valence electrons. The lowest BCUT2D eigenvalue weighted by Gasteiger charge is -2.37. The number of piperazine rings is 1. The van der Waals surface area contributed by atoms with Gasteiger partial charge in [-0.05, 0) is 51.1 Å². The number of amides is 1. The molecule has 0 unspecified atom stereocenters. The molecule has 8 heteroatoms. The Bertz CT molecular complexity index is 1340. The number of carbonyl (C=O) groups excluding carboxylic acids is 1. The van der Waals surface area contributed by atoms with Crippen molar-refractivity contribution in [3.05, 3.63) is 47.0 Å². The molecular weight excluding hydrogens is 418 g/mol. The fraction of sp³-hybridized carbons (Fsp3) is 0.391. The molecule has 0 radical (unpaired) electrons. The zero-order valence-electron chi connectivity index (χ0n) is 25.3. The van der Waals surface area contributed by atoms with Gasteiger partial charge in [-0.2, -0.15) is 0 Å². The highest BCUT2D eigenvalue weighted by Gasteiger charge is 2.30. The minimum atomic E-state index is -3.48. The molecule has 0 bridgehead atoms. The molecule has 1 amide bonds. The van der Waals surface area contributed by atoms with E-state index in [1.165, 1.54) is 58.2 Å². The van der Waals surface area contributed by atoms with E-state index in [-0.39, 0.29) is 37.6 Å². The number of nitrogens with zero attached hydrogens (tertiary/aromatic N) is 3. The van der Waals surface area contributed by atoms with Gasteiger partial charge in [0.1, 0.15) is 28.6 Å². The Kier molecular flexibility index (Phi) is 3.61. The maximum atomic E-state index is 13.0. The minimum absolute atomic E-state index is 0.0391. The summed E-state index contributed by atoms with van der Waals surface area (Å²) in [5.41, 5.74) is -1.18. The summed E-state index contributed by atoms with van der Waals surface area (Å²) in [5, 5.41) is 0.146. The first-order chi connectivity index (χ1) is 17.8. The Morgan fingerprint density at radius 2 is 1.84 bits per heavy atom. The second kappa shape index (κ2) is 8.30. The summed E-state index contributed by atoms with van der Waals surface area (Å²) >= 11 is 6.22. The van der Waals surface area contributed by atoms with Gasteiger partial charge in [0.25, 0.3) is 0 Å². The van der Waals surface area contributed by atoms with Crippen LogP contribution in [-0.4, -0.2) is 60.4 Å². The third-order valence-corrected chi connectivity index (χ3v) is 4.37. The number of ether oxygens (including phenoxy) is 3.